The SMILES string of the molecule is CC1(C)O[C@H]2[C@H](CO[C@H]2n2c(-c3ccco3)nc3c(Cl)nc(N)nc32)O1. The van der Waals surface area contributed by atoms with Crippen LogP contribution in [0.5, 0.6) is 0 Å². The van der Waals surface area contributed by atoms with Gasteiger partial charge in [0.1, 0.15) is 17.7 Å². The number of imidazole rings is 1. The summed E-state index contributed by atoms with van der Waals surface area (Å²) in [4.78, 5) is 12.9. The molecule has 2 saturated heterocycles. The largest absolute Gasteiger partial charge is 0.461 e. The molecular weight excluding hydrogens is 362 g/mol. The lowest BCUT2D eigenvalue weighted by molar-refractivity contribution is -0.183. The molecule has 3 atom stereocenters. The number of hydrogen-bond acceptors (Lipinski definition) is 8. The Kier molecular flexibility index (Phi) is 3.32. The average Bonchev–Trinajstić information content (AvgIpc) is 3.29. The molecule has 0 amide bonds. The second-order valence-electron chi connectivity index (χ2n) is 6.69. The van der Waals surface area contributed by atoms with Crippen LogP contribution in [0.15, 0.2) is 22.8 Å². The fourth-order valence-corrected chi connectivity index (χ4v) is 3.73. The molecule has 2 aliphatic heterocycles. The number of hydrogen-bond donors (Lipinski definition) is 1. The molecule has 2 N–H and O–H groups in total. The highest BCUT2D eigenvalue weighted by Gasteiger charge is 2.52. The fraction of sp³-hybridized carbons (Fsp3) is 0.438. The van der Waals surface area contributed by atoms with Gasteiger partial charge in [0, 0.05) is 0 Å². The predicted molar refractivity (Wildman–Crippen MR) is 91.3 cm³/mol. The minimum atomic E-state index is -0.690. The molecule has 0 unspecified atom stereocenters. The second kappa shape index (κ2) is 5.40. The quantitative estimate of drug-likeness (QED) is 0.677. The first kappa shape index (κ1) is 16.0. The summed E-state index contributed by atoms with van der Waals surface area (Å²) in [6.07, 6.45) is 0.534. The number of nitrogen functional groups attached to an aromatic ring is 1. The lowest BCUT2D eigenvalue weighted by atomic mass is 10.2. The summed E-state index contributed by atoms with van der Waals surface area (Å²) in [5, 5.41) is 0.164. The molecule has 2 aliphatic rings. The normalized spacial score (nSPS) is 27.3. The van der Waals surface area contributed by atoms with Crippen molar-refractivity contribution in [2.45, 2.75) is 38.1 Å². The van der Waals surface area contributed by atoms with E-state index in [0.717, 1.165) is 0 Å². The molecule has 26 heavy (non-hydrogen) atoms. The van der Waals surface area contributed by atoms with Crippen LogP contribution < -0.4 is 5.73 Å². The van der Waals surface area contributed by atoms with E-state index in [1.54, 1.807) is 23.0 Å². The third-order valence-electron chi connectivity index (χ3n) is 4.44. The van der Waals surface area contributed by atoms with Crippen LogP contribution in [0, 0.1) is 0 Å². The summed E-state index contributed by atoms with van der Waals surface area (Å²) < 4.78 is 25.3. The Bertz CT molecular complexity index is 986. The van der Waals surface area contributed by atoms with Crippen molar-refractivity contribution in [3.63, 3.8) is 0 Å². The van der Waals surface area contributed by atoms with Gasteiger partial charge in [-0.05, 0) is 26.0 Å². The van der Waals surface area contributed by atoms with Crippen LogP contribution in [0.3, 0.4) is 0 Å². The molecule has 0 bridgehead atoms. The van der Waals surface area contributed by atoms with Gasteiger partial charge in [0.25, 0.3) is 0 Å². The van der Waals surface area contributed by atoms with Crippen molar-refractivity contribution in [2.24, 2.45) is 0 Å². The third kappa shape index (κ3) is 2.32. The van der Waals surface area contributed by atoms with Gasteiger partial charge in [-0.25, -0.2) is 4.98 Å². The Hall–Kier alpha value is -2.20. The molecule has 2 fully saturated rings. The Morgan fingerprint density at radius 2 is 2.12 bits per heavy atom. The van der Waals surface area contributed by atoms with Crippen molar-refractivity contribution >= 4 is 28.7 Å². The van der Waals surface area contributed by atoms with Gasteiger partial charge in [0.05, 0.1) is 12.9 Å². The highest BCUT2D eigenvalue weighted by molar-refractivity contribution is 6.33. The van der Waals surface area contributed by atoms with Crippen molar-refractivity contribution in [3.05, 3.63) is 23.5 Å². The predicted octanol–water partition coefficient (Wildman–Crippen LogP) is 2.37. The number of aromatic nitrogens is 4. The minimum absolute atomic E-state index is 0.0492. The molecule has 5 heterocycles. The fourth-order valence-electron chi connectivity index (χ4n) is 3.52. The van der Waals surface area contributed by atoms with Gasteiger partial charge < -0.3 is 24.4 Å². The maximum Gasteiger partial charge on any atom is 0.223 e. The topological polar surface area (TPSA) is 110 Å². The zero-order chi connectivity index (χ0) is 18.1. The van der Waals surface area contributed by atoms with Crippen molar-refractivity contribution in [3.8, 4) is 11.6 Å². The first-order valence-electron chi connectivity index (χ1n) is 8.15. The summed E-state index contributed by atoms with van der Waals surface area (Å²) >= 11 is 6.24. The van der Waals surface area contributed by atoms with Gasteiger partial charge in [-0.3, -0.25) is 4.57 Å². The molecule has 136 valence electrons. The number of nitrogens with two attached hydrogens (primary N) is 1. The third-order valence-corrected chi connectivity index (χ3v) is 4.71. The van der Waals surface area contributed by atoms with Gasteiger partial charge in [-0.2, -0.15) is 9.97 Å². The number of rotatable bonds is 2. The lowest BCUT2D eigenvalue weighted by Crippen LogP contribution is -2.28. The first-order valence-corrected chi connectivity index (χ1v) is 8.53. The Morgan fingerprint density at radius 1 is 1.27 bits per heavy atom. The van der Waals surface area contributed by atoms with E-state index >= 15 is 0 Å². The van der Waals surface area contributed by atoms with E-state index in [4.69, 9.17) is 36.0 Å². The Labute approximate surface area is 153 Å². The molecule has 10 heteroatoms. The standard InChI is InChI=1S/C16H16ClN5O4/c1-16(2)25-8-6-24-14(10(8)26-16)22-12(7-4-3-5-23-7)19-9-11(17)20-15(18)21-13(9)22/h3-5,8,10,14H,6H2,1-2H3,(H2,18,20,21)/t8-,10-,14+/m0/s1. The highest BCUT2D eigenvalue weighted by atomic mass is 35.5. The van der Waals surface area contributed by atoms with Crippen LogP contribution >= 0.6 is 11.6 Å². The summed E-state index contributed by atoms with van der Waals surface area (Å²) in [6, 6.07) is 3.57. The number of ether oxygens (including phenoxy) is 3. The molecule has 0 radical (unpaired) electrons. The van der Waals surface area contributed by atoms with Gasteiger partial charge in [-0.15, -0.1) is 0 Å². The van der Waals surface area contributed by atoms with E-state index in [1.807, 2.05) is 13.8 Å². The van der Waals surface area contributed by atoms with Crippen LogP contribution in [0.2, 0.25) is 5.15 Å². The Balaban J connectivity index is 1.72. The molecule has 5 rings (SSSR count). The molecule has 3 aromatic rings. The first-order chi connectivity index (χ1) is 12.4. The number of furan rings is 1. The van der Waals surface area contributed by atoms with Gasteiger partial charge in [0.15, 0.2) is 34.4 Å². The maximum absolute atomic E-state index is 6.24. The molecule has 0 spiro atoms. The number of fused-ring (bicyclic) bond motifs is 2. The molecule has 3 aromatic heterocycles. The zero-order valence-corrected chi connectivity index (χ0v) is 14.8. The van der Waals surface area contributed by atoms with Crippen LogP contribution in [0.1, 0.15) is 20.1 Å². The molecule has 0 saturated carbocycles. The van der Waals surface area contributed by atoms with Crippen LogP contribution in [0.25, 0.3) is 22.7 Å². The summed E-state index contributed by atoms with van der Waals surface area (Å²) in [6.45, 7) is 4.14. The minimum Gasteiger partial charge on any atom is -0.461 e. The molecular formula is C16H16ClN5O4. The van der Waals surface area contributed by atoms with Crippen LogP contribution in [-0.4, -0.2) is 44.1 Å². The van der Waals surface area contributed by atoms with Crippen molar-refractivity contribution < 1.29 is 18.6 Å². The van der Waals surface area contributed by atoms with E-state index in [1.165, 1.54) is 0 Å². The second-order valence-corrected chi connectivity index (χ2v) is 7.05. The van der Waals surface area contributed by atoms with Crippen molar-refractivity contribution in [1.29, 1.82) is 0 Å². The van der Waals surface area contributed by atoms with Gasteiger partial charge in [0.2, 0.25) is 5.95 Å². The molecule has 0 aliphatic carbocycles. The van der Waals surface area contributed by atoms with E-state index in [2.05, 4.69) is 15.0 Å². The Morgan fingerprint density at radius 3 is 2.88 bits per heavy atom. The van der Waals surface area contributed by atoms with E-state index in [-0.39, 0.29) is 23.3 Å². The monoisotopic (exact) mass is 377 g/mol. The summed E-state index contributed by atoms with van der Waals surface area (Å²) in [7, 11) is 0. The number of anilines is 1. The molecule has 9 nitrogen and oxygen atoms in total. The van der Waals surface area contributed by atoms with Crippen molar-refractivity contribution in [2.75, 3.05) is 12.3 Å². The number of nitrogens with zero attached hydrogens (tertiary/aromatic N) is 4. The summed E-state index contributed by atoms with van der Waals surface area (Å²) in [5.41, 5.74) is 6.67. The van der Waals surface area contributed by atoms with Gasteiger partial charge >= 0.3 is 0 Å². The average molecular weight is 378 g/mol. The molecule has 0 aromatic carbocycles. The van der Waals surface area contributed by atoms with Crippen molar-refractivity contribution in [1.82, 2.24) is 19.5 Å². The number of halogens is 1. The van der Waals surface area contributed by atoms with Crippen LogP contribution in [-0.2, 0) is 14.2 Å². The summed E-state index contributed by atoms with van der Waals surface area (Å²) in [5.74, 6) is 0.409. The van der Waals surface area contributed by atoms with E-state index in [0.29, 0.717) is 29.4 Å². The van der Waals surface area contributed by atoms with Gasteiger partial charge in [-0.1, -0.05) is 11.6 Å². The van der Waals surface area contributed by atoms with E-state index < -0.39 is 12.0 Å². The maximum atomic E-state index is 6.24. The lowest BCUT2D eigenvalue weighted by Gasteiger charge is -2.23. The van der Waals surface area contributed by atoms with E-state index in [9.17, 15) is 0 Å². The highest BCUT2D eigenvalue weighted by Crippen LogP contribution is 2.43. The van der Waals surface area contributed by atoms with Crippen LogP contribution in [0.4, 0.5) is 5.95 Å². The smallest absolute Gasteiger partial charge is 0.223 e. The zero-order valence-electron chi connectivity index (χ0n) is 14.0.